The number of aromatic nitrogens is 2. The molecule has 1 aliphatic carbocycles. The number of nitrogens with one attached hydrogen (secondary N) is 1. The molecule has 0 saturated carbocycles. The third-order valence-corrected chi connectivity index (χ3v) is 7.67. The predicted octanol–water partition coefficient (Wildman–Crippen LogP) is 1.10. The molecule has 152 valence electrons. The summed E-state index contributed by atoms with van der Waals surface area (Å²) < 4.78 is 27.7. The van der Waals surface area contributed by atoms with E-state index >= 15 is 0 Å². The zero-order chi connectivity index (χ0) is 20.5. The minimum atomic E-state index is -3.85. The SMILES string of the molecule is CN(CCCn1c2c(c(=O)[nH]c1=O)CCCC2)S(=O)(=O)c1csc([N+](=O)[O-])c1. The summed E-state index contributed by atoms with van der Waals surface area (Å²) in [5.41, 5.74) is 0.552. The molecule has 0 amide bonds. The number of aromatic amines is 1. The Bertz CT molecular complexity index is 1110. The number of nitrogens with zero attached hydrogens (tertiary/aromatic N) is 3. The predicted molar refractivity (Wildman–Crippen MR) is 103 cm³/mol. The number of rotatable bonds is 7. The van der Waals surface area contributed by atoms with Crippen LogP contribution in [0.15, 0.2) is 25.9 Å². The highest BCUT2D eigenvalue weighted by Crippen LogP contribution is 2.27. The van der Waals surface area contributed by atoms with Gasteiger partial charge in [-0.2, -0.15) is 0 Å². The largest absolute Gasteiger partial charge is 0.328 e. The highest BCUT2D eigenvalue weighted by molar-refractivity contribution is 7.89. The first kappa shape index (κ1) is 20.4. The molecule has 0 spiro atoms. The molecule has 0 fully saturated rings. The summed E-state index contributed by atoms with van der Waals surface area (Å²) in [5.74, 6) is 0. The van der Waals surface area contributed by atoms with Crippen molar-refractivity contribution >= 4 is 26.4 Å². The molecule has 28 heavy (non-hydrogen) atoms. The van der Waals surface area contributed by atoms with E-state index < -0.39 is 20.6 Å². The third-order valence-electron chi connectivity index (χ3n) is 4.81. The van der Waals surface area contributed by atoms with Gasteiger partial charge in [-0.1, -0.05) is 11.3 Å². The summed E-state index contributed by atoms with van der Waals surface area (Å²) in [6.07, 6.45) is 3.46. The number of sulfonamides is 1. The quantitative estimate of drug-likeness (QED) is 0.518. The van der Waals surface area contributed by atoms with Crippen molar-refractivity contribution in [3.8, 4) is 0 Å². The van der Waals surface area contributed by atoms with E-state index in [-0.39, 0.29) is 28.5 Å². The number of hydrogen-bond acceptors (Lipinski definition) is 7. The maximum atomic E-state index is 12.5. The molecule has 10 nitrogen and oxygen atoms in total. The van der Waals surface area contributed by atoms with Gasteiger partial charge in [-0.25, -0.2) is 17.5 Å². The molecule has 2 aromatic rings. The van der Waals surface area contributed by atoms with E-state index in [0.29, 0.717) is 24.8 Å². The van der Waals surface area contributed by atoms with Gasteiger partial charge in [0.1, 0.15) is 4.90 Å². The standard InChI is InChI=1S/C16H20N4O6S2/c1-18(28(25,26)11-9-14(20(23)24)27-10-11)7-4-8-19-13-6-3-2-5-12(13)15(21)17-16(19)22/h9-10H,2-8H2,1H3,(H,17,21,22). The molecule has 12 heteroatoms. The normalized spacial score (nSPS) is 14.2. The van der Waals surface area contributed by atoms with Crippen LogP contribution in [0.4, 0.5) is 5.00 Å². The molecular weight excluding hydrogens is 408 g/mol. The number of hydrogen-bond donors (Lipinski definition) is 1. The van der Waals surface area contributed by atoms with Crippen LogP contribution >= 0.6 is 11.3 Å². The number of thiophene rings is 1. The molecule has 0 unspecified atom stereocenters. The van der Waals surface area contributed by atoms with Gasteiger partial charge >= 0.3 is 10.7 Å². The Hall–Kier alpha value is -2.31. The lowest BCUT2D eigenvalue weighted by Crippen LogP contribution is -2.37. The Morgan fingerprint density at radius 2 is 2.04 bits per heavy atom. The lowest BCUT2D eigenvalue weighted by molar-refractivity contribution is -0.380. The summed E-state index contributed by atoms with van der Waals surface area (Å²) in [7, 11) is -2.45. The van der Waals surface area contributed by atoms with E-state index in [1.54, 1.807) is 0 Å². The van der Waals surface area contributed by atoms with Crippen molar-refractivity contribution in [2.75, 3.05) is 13.6 Å². The highest BCUT2D eigenvalue weighted by Gasteiger charge is 2.25. The zero-order valence-electron chi connectivity index (χ0n) is 15.2. The lowest BCUT2D eigenvalue weighted by Gasteiger charge is -2.21. The van der Waals surface area contributed by atoms with Crippen LogP contribution < -0.4 is 11.2 Å². The van der Waals surface area contributed by atoms with E-state index in [1.807, 2.05) is 0 Å². The van der Waals surface area contributed by atoms with Gasteiger partial charge < -0.3 is 0 Å². The van der Waals surface area contributed by atoms with E-state index in [9.17, 15) is 28.1 Å². The molecule has 3 rings (SSSR count). The average molecular weight is 428 g/mol. The molecule has 0 radical (unpaired) electrons. The smallest absolute Gasteiger partial charge is 0.297 e. The van der Waals surface area contributed by atoms with Crippen molar-refractivity contribution in [1.82, 2.24) is 13.9 Å². The summed E-state index contributed by atoms with van der Waals surface area (Å²) in [6.45, 7) is 0.411. The van der Waals surface area contributed by atoms with Crippen molar-refractivity contribution in [2.24, 2.45) is 0 Å². The molecule has 0 aliphatic heterocycles. The third kappa shape index (κ3) is 3.93. The Morgan fingerprint density at radius 3 is 2.71 bits per heavy atom. The van der Waals surface area contributed by atoms with Gasteiger partial charge in [-0.15, -0.1) is 0 Å². The molecule has 2 heterocycles. The van der Waals surface area contributed by atoms with E-state index in [1.165, 1.54) is 17.0 Å². The van der Waals surface area contributed by atoms with Gasteiger partial charge in [0.05, 0.1) is 4.92 Å². The maximum Gasteiger partial charge on any atom is 0.328 e. The lowest BCUT2D eigenvalue weighted by atomic mass is 9.97. The van der Waals surface area contributed by atoms with Crippen LogP contribution in [0.25, 0.3) is 0 Å². The van der Waals surface area contributed by atoms with Gasteiger partial charge in [0, 0.05) is 42.8 Å². The zero-order valence-corrected chi connectivity index (χ0v) is 16.8. The summed E-state index contributed by atoms with van der Waals surface area (Å²) in [4.78, 5) is 36.5. The highest BCUT2D eigenvalue weighted by atomic mass is 32.2. The van der Waals surface area contributed by atoms with E-state index in [0.717, 1.165) is 40.2 Å². The second-order valence-corrected chi connectivity index (χ2v) is 9.54. The van der Waals surface area contributed by atoms with Crippen molar-refractivity contribution in [3.05, 3.63) is 53.7 Å². The maximum absolute atomic E-state index is 12.5. The summed E-state index contributed by atoms with van der Waals surface area (Å²) >= 11 is 0.757. The first-order valence-corrected chi connectivity index (χ1v) is 11.1. The van der Waals surface area contributed by atoms with Crippen molar-refractivity contribution in [2.45, 2.75) is 43.5 Å². The van der Waals surface area contributed by atoms with E-state index in [4.69, 9.17) is 0 Å². The Morgan fingerprint density at radius 1 is 1.32 bits per heavy atom. The molecule has 0 atom stereocenters. The fraction of sp³-hybridized carbons (Fsp3) is 0.500. The Labute approximate surface area is 164 Å². The summed E-state index contributed by atoms with van der Waals surface area (Å²) in [6, 6.07) is 1.04. The van der Waals surface area contributed by atoms with Crippen LogP contribution in [0.3, 0.4) is 0 Å². The second kappa shape index (κ2) is 7.97. The van der Waals surface area contributed by atoms with Crippen LogP contribution in [0.1, 0.15) is 30.5 Å². The first-order chi connectivity index (χ1) is 13.2. The van der Waals surface area contributed by atoms with Crippen molar-refractivity contribution in [3.63, 3.8) is 0 Å². The van der Waals surface area contributed by atoms with Crippen LogP contribution in [0.2, 0.25) is 0 Å². The second-order valence-electron chi connectivity index (χ2n) is 6.60. The Balaban J connectivity index is 1.72. The average Bonchev–Trinajstić information content (AvgIpc) is 3.15. The topological polar surface area (TPSA) is 135 Å². The van der Waals surface area contributed by atoms with Crippen LogP contribution in [0.5, 0.6) is 0 Å². The molecule has 0 aromatic carbocycles. The van der Waals surface area contributed by atoms with Crippen LogP contribution in [-0.4, -0.2) is 40.8 Å². The fourth-order valence-corrected chi connectivity index (χ4v) is 5.60. The van der Waals surface area contributed by atoms with Gasteiger partial charge in [0.25, 0.3) is 5.56 Å². The fourth-order valence-electron chi connectivity index (χ4n) is 3.32. The summed E-state index contributed by atoms with van der Waals surface area (Å²) in [5, 5.41) is 11.8. The number of fused-ring (bicyclic) bond motifs is 1. The van der Waals surface area contributed by atoms with E-state index in [2.05, 4.69) is 4.98 Å². The van der Waals surface area contributed by atoms with Gasteiger partial charge in [-0.05, 0) is 32.1 Å². The van der Waals surface area contributed by atoms with Gasteiger partial charge in [0.15, 0.2) is 0 Å². The number of H-pyrrole nitrogens is 1. The minimum absolute atomic E-state index is 0.120. The van der Waals surface area contributed by atoms with Crippen molar-refractivity contribution < 1.29 is 13.3 Å². The molecule has 0 saturated heterocycles. The molecule has 2 aromatic heterocycles. The Kier molecular flexibility index (Phi) is 5.82. The van der Waals surface area contributed by atoms with Crippen LogP contribution in [0, 0.1) is 10.1 Å². The van der Waals surface area contributed by atoms with Crippen LogP contribution in [-0.2, 0) is 29.4 Å². The number of nitro groups is 1. The van der Waals surface area contributed by atoms with Crippen molar-refractivity contribution in [1.29, 1.82) is 0 Å². The molecule has 1 aliphatic rings. The molecular formula is C16H20N4O6S2. The molecule has 1 N–H and O–H groups in total. The van der Waals surface area contributed by atoms with Gasteiger partial charge in [-0.3, -0.25) is 24.5 Å². The monoisotopic (exact) mass is 428 g/mol. The first-order valence-electron chi connectivity index (χ1n) is 8.76. The van der Waals surface area contributed by atoms with Gasteiger partial charge in [0.2, 0.25) is 10.0 Å². The molecule has 0 bridgehead atoms. The minimum Gasteiger partial charge on any atom is -0.297 e.